The molecule has 0 heterocycles. The summed E-state index contributed by atoms with van der Waals surface area (Å²) < 4.78 is 18.5. The monoisotopic (exact) mass is 392 g/mol. The van der Waals surface area contributed by atoms with Crippen molar-refractivity contribution in [2.45, 2.75) is 26.0 Å². The number of ether oxygens (including phenoxy) is 1. The average Bonchev–Trinajstić information content (AvgIpc) is 2.72. The summed E-state index contributed by atoms with van der Waals surface area (Å²) in [4.78, 5) is 18.6. The fourth-order valence-corrected chi connectivity index (χ4v) is 1.91. The minimum absolute atomic E-state index is 0.0231. The topological polar surface area (TPSA) is 87.7 Å². The molecule has 0 aliphatic rings. The summed E-state index contributed by atoms with van der Waals surface area (Å²) in [5.74, 6) is 0.532. The number of hydrogen-bond donors (Lipinski definition) is 3. The molecule has 1 atom stereocenters. The summed E-state index contributed by atoms with van der Waals surface area (Å²) in [5, 5.41) is 14.2. The van der Waals surface area contributed by atoms with Crippen LogP contribution in [0, 0.1) is 5.82 Å². The Kier molecular flexibility index (Phi) is 14.8. The highest BCUT2D eigenvalue weighted by Crippen LogP contribution is 2.16. The number of halogens is 1. The van der Waals surface area contributed by atoms with Crippen molar-refractivity contribution < 1.29 is 23.8 Å². The number of hydrogen-bond acceptors (Lipinski definition) is 6. The van der Waals surface area contributed by atoms with Gasteiger partial charge in [-0.25, -0.2) is 4.39 Å². The first-order valence-electron chi connectivity index (χ1n) is 8.81. The van der Waals surface area contributed by atoms with Crippen LogP contribution in [-0.2, 0) is 16.2 Å². The molecule has 0 bridgehead atoms. The van der Waals surface area contributed by atoms with Gasteiger partial charge in [-0.1, -0.05) is 12.1 Å². The summed E-state index contributed by atoms with van der Waals surface area (Å²) in [6.07, 6.45) is 1.92. The molecule has 0 aromatic heterocycles. The molecule has 2 aromatic carbocycles. The summed E-state index contributed by atoms with van der Waals surface area (Å²) in [7, 11) is 3.58. The molecule has 0 amide bonds. The molecule has 3 N–H and O–H groups in total. The second kappa shape index (κ2) is 16.4. The van der Waals surface area contributed by atoms with E-state index in [2.05, 4.69) is 10.6 Å². The second-order valence-corrected chi connectivity index (χ2v) is 5.50. The molecule has 0 aliphatic carbocycles. The van der Waals surface area contributed by atoms with Crippen molar-refractivity contribution in [2.75, 3.05) is 26.0 Å². The molecule has 0 spiro atoms. The standard InChI is InChI=1S/C14H14FNO.C5H11NO2.C2H4O/c1-16-13-5-7-14(8-6-13)17-10-11-3-2-4-12(15)9-11;1-6-5(4-8)2-3-7;1-2-3/h2-9,16H,10H2,1H3;3,5-6,8H,2,4H2,1H3;2H,1H3. The third-order valence-electron chi connectivity index (χ3n) is 3.45. The predicted molar refractivity (Wildman–Crippen MR) is 109 cm³/mol. The van der Waals surface area contributed by atoms with Gasteiger partial charge in [0.05, 0.1) is 6.61 Å². The van der Waals surface area contributed by atoms with Crippen molar-refractivity contribution in [2.24, 2.45) is 0 Å². The minimum Gasteiger partial charge on any atom is -0.489 e. The number of carbonyl (C=O) groups excluding carboxylic acids is 2. The number of aliphatic hydroxyl groups is 1. The molecule has 2 aromatic rings. The predicted octanol–water partition coefficient (Wildman–Crippen LogP) is 2.81. The van der Waals surface area contributed by atoms with Gasteiger partial charge in [-0.05, 0) is 55.9 Å². The van der Waals surface area contributed by atoms with Crippen LogP contribution in [0.25, 0.3) is 0 Å². The molecule has 28 heavy (non-hydrogen) atoms. The summed E-state index contributed by atoms with van der Waals surface area (Å²) in [6.45, 7) is 1.84. The molecule has 0 fully saturated rings. The van der Waals surface area contributed by atoms with Gasteiger partial charge in [0.1, 0.15) is 30.7 Å². The minimum atomic E-state index is -0.239. The molecule has 154 valence electrons. The second-order valence-electron chi connectivity index (χ2n) is 5.50. The lowest BCUT2D eigenvalue weighted by Gasteiger charge is -2.07. The third-order valence-corrected chi connectivity index (χ3v) is 3.45. The van der Waals surface area contributed by atoms with Crippen LogP contribution in [0.4, 0.5) is 10.1 Å². The molecule has 0 aliphatic heterocycles. The molecule has 0 saturated heterocycles. The smallest absolute Gasteiger partial charge is 0.123 e. The summed E-state index contributed by atoms with van der Waals surface area (Å²) in [6, 6.07) is 14.0. The van der Waals surface area contributed by atoms with Crippen LogP contribution in [0.5, 0.6) is 5.75 Å². The van der Waals surface area contributed by atoms with E-state index in [0.29, 0.717) is 13.0 Å². The Morgan fingerprint density at radius 3 is 2.21 bits per heavy atom. The highest BCUT2D eigenvalue weighted by atomic mass is 19.1. The van der Waals surface area contributed by atoms with Crippen molar-refractivity contribution in [1.29, 1.82) is 0 Å². The first-order valence-corrected chi connectivity index (χ1v) is 8.81. The van der Waals surface area contributed by atoms with Gasteiger partial charge in [0, 0.05) is 25.2 Å². The number of rotatable bonds is 8. The van der Waals surface area contributed by atoms with Gasteiger partial charge >= 0.3 is 0 Å². The van der Waals surface area contributed by atoms with E-state index in [1.165, 1.54) is 19.1 Å². The van der Waals surface area contributed by atoms with Crippen molar-refractivity contribution in [3.05, 3.63) is 59.9 Å². The zero-order valence-electron chi connectivity index (χ0n) is 16.5. The molecule has 2 rings (SSSR count). The molecule has 0 radical (unpaired) electrons. The van der Waals surface area contributed by atoms with E-state index in [0.717, 1.165) is 29.6 Å². The molecule has 7 heteroatoms. The van der Waals surface area contributed by atoms with Crippen molar-refractivity contribution in [3.63, 3.8) is 0 Å². The Labute approximate surface area is 165 Å². The van der Waals surface area contributed by atoms with Gasteiger partial charge in [0.25, 0.3) is 0 Å². The van der Waals surface area contributed by atoms with Crippen molar-refractivity contribution >= 4 is 18.3 Å². The zero-order valence-corrected chi connectivity index (χ0v) is 16.5. The summed E-state index contributed by atoms with van der Waals surface area (Å²) in [5.41, 5.74) is 1.85. The van der Waals surface area contributed by atoms with E-state index in [9.17, 15) is 9.18 Å². The molecule has 0 saturated carbocycles. The van der Waals surface area contributed by atoms with Crippen LogP contribution >= 0.6 is 0 Å². The number of aliphatic hydroxyl groups excluding tert-OH is 1. The fourth-order valence-electron chi connectivity index (χ4n) is 1.91. The van der Waals surface area contributed by atoms with Gasteiger partial charge < -0.3 is 30.1 Å². The molecular formula is C21H29FN2O4. The zero-order chi connectivity index (χ0) is 21.2. The highest BCUT2D eigenvalue weighted by molar-refractivity contribution is 5.50. The van der Waals surface area contributed by atoms with Crippen molar-refractivity contribution in [3.8, 4) is 5.75 Å². The Bertz CT molecular complexity index is 662. The number of aldehydes is 2. The normalized spacial score (nSPS) is 10.3. The SMILES string of the molecule is CC=O.CNC(CO)CC=O.CNc1ccc(OCc2cccc(F)c2)cc1. The Morgan fingerprint density at radius 2 is 1.79 bits per heavy atom. The lowest BCUT2D eigenvalue weighted by molar-refractivity contribution is -0.108. The van der Waals surface area contributed by atoms with Crippen LogP contribution in [0.2, 0.25) is 0 Å². The Hall–Kier alpha value is -2.77. The highest BCUT2D eigenvalue weighted by Gasteiger charge is 2.00. The average molecular weight is 392 g/mol. The van der Waals surface area contributed by atoms with Gasteiger partial charge in [-0.15, -0.1) is 0 Å². The maximum Gasteiger partial charge on any atom is 0.123 e. The first kappa shape index (κ1) is 25.2. The molecular weight excluding hydrogens is 363 g/mol. The van der Waals surface area contributed by atoms with E-state index >= 15 is 0 Å². The van der Waals surface area contributed by atoms with E-state index < -0.39 is 0 Å². The third kappa shape index (κ3) is 11.8. The van der Waals surface area contributed by atoms with Crippen LogP contribution < -0.4 is 15.4 Å². The number of carbonyl (C=O) groups is 2. The fraction of sp³-hybridized carbons (Fsp3) is 0.333. The van der Waals surface area contributed by atoms with Crippen LogP contribution in [0.3, 0.4) is 0 Å². The number of likely N-dealkylation sites (N-methyl/N-ethyl adjacent to an activating group) is 1. The van der Waals surface area contributed by atoms with Gasteiger partial charge in [0.2, 0.25) is 0 Å². The van der Waals surface area contributed by atoms with E-state index in [1.807, 2.05) is 37.4 Å². The maximum atomic E-state index is 12.9. The van der Waals surface area contributed by atoms with E-state index in [1.54, 1.807) is 13.1 Å². The quantitative estimate of drug-likeness (QED) is 0.599. The lowest BCUT2D eigenvalue weighted by Crippen LogP contribution is -2.28. The molecule has 1 unspecified atom stereocenters. The van der Waals surface area contributed by atoms with E-state index in [-0.39, 0.29) is 18.5 Å². The lowest BCUT2D eigenvalue weighted by atomic mass is 10.2. The van der Waals surface area contributed by atoms with Crippen LogP contribution in [-0.4, -0.2) is 44.4 Å². The Balaban J connectivity index is 0.000000558. The first-order chi connectivity index (χ1) is 13.5. The maximum absolute atomic E-state index is 12.9. The molecule has 6 nitrogen and oxygen atoms in total. The Morgan fingerprint density at radius 1 is 1.14 bits per heavy atom. The van der Waals surface area contributed by atoms with E-state index in [4.69, 9.17) is 14.6 Å². The number of anilines is 1. The number of benzene rings is 2. The van der Waals surface area contributed by atoms with Gasteiger partial charge in [0.15, 0.2) is 0 Å². The van der Waals surface area contributed by atoms with Gasteiger partial charge in [-0.3, -0.25) is 0 Å². The largest absolute Gasteiger partial charge is 0.489 e. The van der Waals surface area contributed by atoms with Crippen LogP contribution in [0.15, 0.2) is 48.5 Å². The van der Waals surface area contributed by atoms with Crippen molar-refractivity contribution in [1.82, 2.24) is 5.32 Å². The van der Waals surface area contributed by atoms with Crippen LogP contribution in [0.1, 0.15) is 18.9 Å². The van der Waals surface area contributed by atoms with Gasteiger partial charge in [-0.2, -0.15) is 0 Å². The summed E-state index contributed by atoms with van der Waals surface area (Å²) >= 11 is 0. The number of nitrogens with one attached hydrogen (secondary N) is 2.